The predicted octanol–water partition coefficient (Wildman–Crippen LogP) is 2.39. The van der Waals surface area contributed by atoms with Crippen LogP contribution in [0.3, 0.4) is 0 Å². The van der Waals surface area contributed by atoms with Crippen molar-refractivity contribution >= 4 is 11.5 Å². The first kappa shape index (κ1) is 8.96. The van der Waals surface area contributed by atoms with Crippen LogP contribution in [0.1, 0.15) is 25.7 Å². The van der Waals surface area contributed by atoms with Crippen LogP contribution in [0.5, 0.6) is 0 Å². The van der Waals surface area contributed by atoms with E-state index in [9.17, 15) is 4.79 Å². The topological polar surface area (TPSA) is 20.3 Å². The standard InChI is InChI=1S/C13H15NO/c15-13-8-11-6-7-12(9-13)14(11)10-4-2-1-3-5-10/h1-5,11-12H,6-9H2/t11-,12-/m1/s1. The molecule has 2 fully saturated rings. The number of piperidine rings is 1. The Labute approximate surface area is 89.9 Å². The molecular formula is C13H15NO. The second-order valence-electron chi connectivity index (χ2n) is 4.57. The molecule has 2 aliphatic rings. The molecule has 0 spiro atoms. The average molecular weight is 201 g/mol. The summed E-state index contributed by atoms with van der Waals surface area (Å²) in [6.07, 6.45) is 3.88. The summed E-state index contributed by atoms with van der Waals surface area (Å²) in [5.74, 6) is 0.453. The van der Waals surface area contributed by atoms with Crippen LogP contribution >= 0.6 is 0 Å². The van der Waals surface area contributed by atoms with Gasteiger partial charge in [-0.1, -0.05) is 18.2 Å². The number of para-hydroxylation sites is 1. The van der Waals surface area contributed by atoms with Crippen LogP contribution in [0.2, 0.25) is 0 Å². The van der Waals surface area contributed by atoms with Crippen LogP contribution in [0.25, 0.3) is 0 Å². The summed E-state index contributed by atoms with van der Waals surface area (Å²) < 4.78 is 0. The van der Waals surface area contributed by atoms with E-state index in [1.54, 1.807) is 0 Å². The van der Waals surface area contributed by atoms with Crippen molar-refractivity contribution in [2.24, 2.45) is 0 Å². The lowest BCUT2D eigenvalue weighted by Crippen LogP contribution is -2.43. The number of fused-ring (bicyclic) bond motifs is 2. The number of hydrogen-bond donors (Lipinski definition) is 0. The van der Waals surface area contributed by atoms with Gasteiger partial charge >= 0.3 is 0 Å². The lowest BCUT2D eigenvalue weighted by atomic mass is 10.0. The van der Waals surface area contributed by atoms with Crippen LogP contribution in [-0.2, 0) is 4.79 Å². The predicted molar refractivity (Wildman–Crippen MR) is 60.0 cm³/mol. The van der Waals surface area contributed by atoms with Crippen LogP contribution < -0.4 is 4.90 Å². The Hall–Kier alpha value is -1.31. The maximum Gasteiger partial charge on any atom is 0.137 e. The van der Waals surface area contributed by atoms with E-state index in [0.717, 1.165) is 12.8 Å². The third kappa shape index (κ3) is 1.44. The molecule has 0 unspecified atom stereocenters. The molecule has 0 N–H and O–H groups in total. The van der Waals surface area contributed by atoms with Gasteiger partial charge in [-0.3, -0.25) is 4.79 Å². The molecule has 0 amide bonds. The summed E-state index contributed by atoms with van der Waals surface area (Å²) in [5.41, 5.74) is 1.29. The molecule has 15 heavy (non-hydrogen) atoms. The molecule has 78 valence electrons. The van der Waals surface area contributed by atoms with Gasteiger partial charge in [0.05, 0.1) is 0 Å². The molecule has 0 saturated carbocycles. The summed E-state index contributed by atoms with van der Waals surface area (Å²) in [6, 6.07) is 11.4. The normalized spacial score (nSPS) is 29.6. The number of anilines is 1. The van der Waals surface area contributed by atoms with Crippen LogP contribution in [0.15, 0.2) is 30.3 Å². The molecule has 2 nitrogen and oxygen atoms in total. The van der Waals surface area contributed by atoms with Crippen LogP contribution in [-0.4, -0.2) is 17.9 Å². The average Bonchev–Trinajstić information content (AvgIpc) is 2.53. The van der Waals surface area contributed by atoms with E-state index in [0.29, 0.717) is 17.9 Å². The minimum Gasteiger partial charge on any atom is -0.365 e. The van der Waals surface area contributed by atoms with Crippen LogP contribution in [0.4, 0.5) is 5.69 Å². The van der Waals surface area contributed by atoms with Gasteiger partial charge in [-0.25, -0.2) is 0 Å². The maximum absolute atomic E-state index is 11.5. The fourth-order valence-electron chi connectivity index (χ4n) is 2.99. The van der Waals surface area contributed by atoms with Gasteiger partial charge in [-0.05, 0) is 25.0 Å². The Kier molecular flexibility index (Phi) is 2.01. The largest absolute Gasteiger partial charge is 0.365 e. The highest BCUT2D eigenvalue weighted by Crippen LogP contribution is 2.37. The third-order valence-corrected chi connectivity index (χ3v) is 3.60. The first-order chi connectivity index (χ1) is 7.34. The Balaban J connectivity index is 1.92. The van der Waals surface area contributed by atoms with Gasteiger partial charge < -0.3 is 4.90 Å². The zero-order chi connectivity index (χ0) is 10.3. The molecule has 3 rings (SSSR count). The number of benzene rings is 1. The quantitative estimate of drug-likeness (QED) is 0.695. The van der Waals surface area contributed by atoms with E-state index in [1.807, 2.05) is 6.07 Å². The summed E-state index contributed by atoms with van der Waals surface area (Å²) in [6.45, 7) is 0. The molecule has 2 heterocycles. The van der Waals surface area contributed by atoms with E-state index in [4.69, 9.17) is 0 Å². The number of ketones is 1. The molecular weight excluding hydrogens is 186 g/mol. The minimum absolute atomic E-state index is 0.453. The fraction of sp³-hybridized carbons (Fsp3) is 0.462. The van der Waals surface area contributed by atoms with E-state index in [-0.39, 0.29) is 0 Å². The highest BCUT2D eigenvalue weighted by atomic mass is 16.1. The van der Waals surface area contributed by atoms with E-state index < -0.39 is 0 Å². The molecule has 0 aromatic heterocycles. The highest BCUT2D eigenvalue weighted by molar-refractivity contribution is 5.83. The van der Waals surface area contributed by atoms with E-state index in [1.165, 1.54) is 18.5 Å². The van der Waals surface area contributed by atoms with Crippen molar-refractivity contribution in [2.45, 2.75) is 37.8 Å². The molecule has 2 atom stereocenters. The lowest BCUT2D eigenvalue weighted by Gasteiger charge is -2.36. The van der Waals surface area contributed by atoms with Crippen molar-refractivity contribution in [1.29, 1.82) is 0 Å². The second-order valence-corrected chi connectivity index (χ2v) is 4.57. The van der Waals surface area contributed by atoms with Gasteiger partial charge in [0.25, 0.3) is 0 Å². The molecule has 2 heteroatoms. The van der Waals surface area contributed by atoms with Gasteiger partial charge in [-0.15, -0.1) is 0 Å². The number of carbonyl (C=O) groups excluding carboxylic acids is 1. The molecule has 0 radical (unpaired) electrons. The Bertz CT molecular complexity index is 357. The third-order valence-electron chi connectivity index (χ3n) is 3.60. The van der Waals surface area contributed by atoms with Gasteiger partial charge in [-0.2, -0.15) is 0 Å². The van der Waals surface area contributed by atoms with Crippen molar-refractivity contribution < 1.29 is 4.79 Å². The Morgan fingerprint density at radius 2 is 1.60 bits per heavy atom. The van der Waals surface area contributed by atoms with E-state index in [2.05, 4.69) is 29.2 Å². The summed E-state index contributed by atoms with van der Waals surface area (Å²) >= 11 is 0. The molecule has 1 aromatic carbocycles. The number of rotatable bonds is 1. The van der Waals surface area contributed by atoms with Crippen molar-refractivity contribution in [2.75, 3.05) is 4.90 Å². The zero-order valence-electron chi connectivity index (χ0n) is 8.73. The highest BCUT2D eigenvalue weighted by Gasteiger charge is 2.39. The summed E-state index contributed by atoms with van der Waals surface area (Å²) in [7, 11) is 0. The monoisotopic (exact) mass is 201 g/mol. The molecule has 1 aromatic rings. The number of Topliss-reactive ketones (excluding diaryl/α,β-unsaturated/α-hetero) is 1. The van der Waals surface area contributed by atoms with Crippen molar-refractivity contribution in [3.63, 3.8) is 0 Å². The first-order valence-electron chi connectivity index (χ1n) is 5.69. The number of carbonyl (C=O) groups is 1. The van der Waals surface area contributed by atoms with Gasteiger partial charge in [0.2, 0.25) is 0 Å². The molecule has 2 bridgehead atoms. The van der Waals surface area contributed by atoms with Gasteiger partial charge in [0, 0.05) is 30.6 Å². The van der Waals surface area contributed by atoms with Crippen molar-refractivity contribution in [3.05, 3.63) is 30.3 Å². The lowest BCUT2D eigenvalue weighted by molar-refractivity contribution is -0.120. The minimum atomic E-state index is 0.453. The summed E-state index contributed by atoms with van der Waals surface area (Å²) in [5, 5.41) is 0. The second kappa shape index (κ2) is 3.37. The van der Waals surface area contributed by atoms with Gasteiger partial charge in [0.1, 0.15) is 5.78 Å². The van der Waals surface area contributed by atoms with Crippen molar-refractivity contribution in [1.82, 2.24) is 0 Å². The van der Waals surface area contributed by atoms with E-state index >= 15 is 0 Å². The summed E-state index contributed by atoms with van der Waals surface area (Å²) in [4.78, 5) is 13.9. The zero-order valence-corrected chi connectivity index (χ0v) is 8.73. The SMILES string of the molecule is O=C1C[C@H]2CC[C@H](C1)N2c1ccccc1. The van der Waals surface area contributed by atoms with Crippen LogP contribution in [0, 0.1) is 0 Å². The number of nitrogens with zero attached hydrogens (tertiary/aromatic N) is 1. The molecule has 2 saturated heterocycles. The fourth-order valence-corrected chi connectivity index (χ4v) is 2.99. The number of hydrogen-bond acceptors (Lipinski definition) is 2. The maximum atomic E-state index is 11.5. The smallest absolute Gasteiger partial charge is 0.137 e. The van der Waals surface area contributed by atoms with Gasteiger partial charge in [0.15, 0.2) is 0 Å². The Morgan fingerprint density at radius 3 is 2.20 bits per heavy atom. The molecule has 2 aliphatic heterocycles. The molecule has 0 aliphatic carbocycles. The first-order valence-corrected chi connectivity index (χ1v) is 5.69. The Morgan fingerprint density at radius 1 is 1.00 bits per heavy atom. The van der Waals surface area contributed by atoms with Crippen molar-refractivity contribution in [3.8, 4) is 0 Å².